The highest BCUT2D eigenvalue weighted by molar-refractivity contribution is 7.98. The van der Waals surface area contributed by atoms with E-state index in [0.717, 1.165) is 50.7 Å². The van der Waals surface area contributed by atoms with Gasteiger partial charge in [-0.2, -0.15) is 18.4 Å². The summed E-state index contributed by atoms with van der Waals surface area (Å²) >= 11 is 0.977. The predicted molar refractivity (Wildman–Crippen MR) is 167 cm³/mol. The largest absolute Gasteiger partial charge is 0.479 e. The van der Waals surface area contributed by atoms with E-state index in [1.165, 1.54) is 12.3 Å². The molecule has 1 saturated heterocycles. The SMILES string of the molecule is CCC1(C)CC2CCCNc3ccc(C#N)c(n3)SNC(=O)c3ccc(N=CC=C(N)OCCC4(C(F)(F)F)CC4)nc3N1C2. The van der Waals surface area contributed by atoms with Gasteiger partial charge in [0.05, 0.1) is 23.1 Å². The Balaban J connectivity index is 1.38. The molecule has 5 rings (SSSR count). The lowest BCUT2D eigenvalue weighted by Gasteiger charge is -2.36. The molecule has 240 valence electrons. The molecule has 2 aliphatic heterocycles. The van der Waals surface area contributed by atoms with Crippen LogP contribution in [-0.4, -0.2) is 53.5 Å². The first-order valence-electron chi connectivity index (χ1n) is 15.1. The Labute approximate surface area is 264 Å². The molecule has 2 aromatic rings. The number of ether oxygens (including phenoxy) is 1. The molecule has 3 aliphatic rings. The number of nitrogens with two attached hydrogens (primary N) is 1. The number of carbonyl (C=O) groups excluding carboxylic acids is 1. The number of alkyl halides is 3. The number of anilines is 2. The molecule has 4 heterocycles. The average molecular weight is 643 g/mol. The third-order valence-electron chi connectivity index (χ3n) is 9.01. The van der Waals surface area contributed by atoms with Crippen molar-refractivity contribution in [1.82, 2.24) is 14.7 Å². The average Bonchev–Trinajstić information content (AvgIpc) is 3.74. The molecule has 0 spiro atoms. The first-order chi connectivity index (χ1) is 21.5. The van der Waals surface area contributed by atoms with Crippen LogP contribution in [0.5, 0.6) is 0 Å². The van der Waals surface area contributed by atoms with Crippen molar-refractivity contribution in [3.63, 3.8) is 0 Å². The van der Waals surface area contributed by atoms with E-state index in [2.05, 4.69) is 44.8 Å². The van der Waals surface area contributed by atoms with Crippen LogP contribution < -0.4 is 20.7 Å². The van der Waals surface area contributed by atoms with Gasteiger partial charge >= 0.3 is 6.18 Å². The molecule has 2 fully saturated rings. The summed E-state index contributed by atoms with van der Waals surface area (Å²) < 4.78 is 47.6. The normalized spacial score (nSPS) is 23.3. The molecule has 10 nitrogen and oxygen atoms in total. The Hall–Kier alpha value is -3.99. The fraction of sp³-hybridized carbons (Fsp3) is 0.516. The van der Waals surface area contributed by atoms with Crippen molar-refractivity contribution < 1.29 is 22.7 Å². The Morgan fingerprint density at radius 3 is 2.82 bits per heavy atom. The Morgan fingerprint density at radius 1 is 1.31 bits per heavy atom. The number of aromatic nitrogens is 2. The van der Waals surface area contributed by atoms with E-state index >= 15 is 0 Å². The van der Waals surface area contributed by atoms with Gasteiger partial charge in [0.15, 0.2) is 11.7 Å². The minimum absolute atomic E-state index is 0.0489. The van der Waals surface area contributed by atoms with E-state index < -0.39 is 11.6 Å². The van der Waals surface area contributed by atoms with Gasteiger partial charge < -0.3 is 20.7 Å². The van der Waals surface area contributed by atoms with Crippen LogP contribution in [0.4, 0.5) is 30.6 Å². The quantitative estimate of drug-likeness (QED) is 0.182. The number of nitrogens with zero attached hydrogens (tertiary/aromatic N) is 5. The third-order valence-corrected chi connectivity index (χ3v) is 9.80. The van der Waals surface area contributed by atoms with Crippen LogP contribution in [0, 0.1) is 22.7 Å². The Morgan fingerprint density at radius 2 is 2.11 bits per heavy atom. The maximum absolute atomic E-state index is 13.6. The lowest BCUT2D eigenvalue weighted by molar-refractivity contribution is -0.191. The van der Waals surface area contributed by atoms with Gasteiger partial charge in [-0.05, 0) is 82.1 Å². The van der Waals surface area contributed by atoms with Crippen molar-refractivity contribution in [2.75, 3.05) is 29.9 Å². The minimum atomic E-state index is -4.24. The number of amides is 1. The van der Waals surface area contributed by atoms with E-state index in [1.807, 2.05) is 0 Å². The minimum Gasteiger partial charge on any atom is -0.479 e. The molecule has 4 bridgehead atoms. The van der Waals surface area contributed by atoms with Crippen molar-refractivity contribution in [1.29, 1.82) is 5.26 Å². The van der Waals surface area contributed by atoms with Crippen molar-refractivity contribution >= 4 is 41.5 Å². The zero-order valence-electron chi connectivity index (χ0n) is 25.3. The summed E-state index contributed by atoms with van der Waals surface area (Å²) in [7, 11) is 0. The van der Waals surface area contributed by atoms with Gasteiger partial charge in [-0.15, -0.1) is 0 Å². The fourth-order valence-corrected chi connectivity index (χ4v) is 6.59. The first-order valence-corrected chi connectivity index (χ1v) is 15.9. The molecule has 0 radical (unpaired) electrons. The smallest absolute Gasteiger partial charge is 0.394 e. The molecule has 4 N–H and O–H groups in total. The second kappa shape index (κ2) is 13.2. The number of nitriles is 1. The number of hydrogen-bond acceptors (Lipinski definition) is 10. The number of carbonyl (C=O) groups is 1. The molecule has 1 saturated carbocycles. The summed E-state index contributed by atoms with van der Waals surface area (Å²) in [5, 5.41) is 13.3. The highest BCUT2D eigenvalue weighted by Gasteiger charge is 2.62. The summed E-state index contributed by atoms with van der Waals surface area (Å²) in [5.74, 6) is 1.43. The van der Waals surface area contributed by atoms with Crippen molar-refractivity contribution in [2.24, 2.45) is 22.1 Å². The van der Waals surface area contributed by atoms with Crippen LogP contribution in [0.15, 0.2) is 46.2 Å². The van der Waals surface area contributed by atoms with Gasteiger partial charge in [-0.25, -0.2) is 15.0 Å². The molecule has 1 amide bonds. The summed E-state index contributed by atoms with van der Waals surface area (Å²) in [4.78, 5) is 29.5. The second-order valence-electron chi connectivity index (χ2n) is 12.1. The maximum Gasteiger partial charge on any atom is 0.394 e. The molecule has 0 aromatic carbocycles. The lowest BCUT2D eigenvalue weighted by Crippen LogP contribution is -2.42. The van der Waals surface area contributed by atoms with Gasteiger partial charge in [0.2, 0.25) is 0 Å². The Kier molecular flexibility index (Phi) is 9.48. The zero-order chi connectivity index (χ0) is 32.2. The number of pyridine rings is 2. The van der Waals surface area contributed by atoms with E-state index in [9.17, 15) is 23.2 Å². The van der Waals surface area contributed by atoms with Gasteiger partial charge in [0, 0.05) is 42.9 Å². The molecular weight excluding hydrogens is 605 g/mol. The van der Waals surface area contributed by atoms with Gasteiger partial charge in [-0.1, -0.05) is 6.92 Å². The number of halogens is 3. The second-order valence-corrected chi connectivity index (χ2v) is 12.9. The van der Waals surface area contributed by atoms with Crippen LogP contribution in [0.2, 0.25) is 0 Å². The van der Waals surface area contributed by atoms with E-state index in [4.69, 9.17) is 15.5 Å². The lowest BCUT2D eigenvalue weighted by atomic mass is 9.89. The zero-order valence-corrected chi connectivity index (χ0v) is 26.1. The number of nitrogens with one attached hydrogen (secondary N) is 2. The molecule has 2 atom stereocenters. The molecule has 2 aromatic heterocycles. The van der Waals surface area contributed by atoms with Gasteiger partial charge in [0.25, 0.3) is 5.91 Å². The monoisotopic (exact) mass is 642 g/mol. The summed E-state index contributed by atoms with van der Waals surface area (Å²) in [6.07, 6.45) is 2.29. The van der Waals surface area contributed by atoms with E-state index in [-0.39, 0.29) is 43.2 Å². The summed E-state index contributed by atoms with van der Waals surface area (Å²) in [6.45, 7) is 5.62. The van der Waals surface area contributed by atoms with Crippen LogP contribution in [0.1, 0.15) is 74.7 Å². The topological polar surface area (TPSA) is 142 Å². The number of allylic oxidation sites excluding steroid dienone is 1. The summed E-state index contributed by atoms with van der Waals surface area (Å²) in [5.41, 5.74) is 4.68. The van der Waals surface area contributed by atoms with Crippen LogP contribution in [0.3, 0.4) is 0 Å². The molecule has 1 aliphatic carbocycles. The number of rotatable bonds is 7. The Bertz CT molecular complexity index is 1520. The van der Waals surface area contributed by atoms with Gasteiger partial charge in [0.1, 0.15) is 22.7 Å². The van der Waals surface area contributed by atoms with Crippen molar-refractivity contribution in [3.05, 3.63) is 47.4 Å². The van der Waals surface area contributed by atoms with Crippen LogP contribution in [0.25, 0.3) is 0 Å². The maximum atomic E-state index is 13.6. The van der Waals surface area contributed by atoms with Crippen molar-refractivity contribution in [3.8, 4) is 6.07 Å². The predicted octanol–water partition coefficient (Wildman–Crippen LogP) is 6.24. The standard InChI is InChI=1S/C31H37F3N8O2S/c1-3-29(2)17-20-5-4-14-37-25-8-6-21(18-35)28(40-25)45-41-27(43)22-7-9-24(39-26(22)42(29)19-20)38-15-10-23(36)44-16-13-30(11-12-30)31(32,33)34/h6-10,15,20H,3-5,11-14,16-17,19,36H2,1-2H3,(H,37,40)(H,41,43). The first kappa shape index (κ1) is 32.4. The molecule has 2 unspecified atom stereocenters. The van der Waals surface area contributed by atoms with Crippen LogP contribution >= 0.6 is 11.9 Å². The summed E-state index contributed by atoms with van der Waals surface area (Å²) in [6, 6.07) is 8.84. The molecule has 45 heavy (non-hydrogen) atoms. The number of aliphatic imine (C=N–C) groups is 1. The fourth-order valence-electron chi connectivity index (χ4n) is 5.92. The number of hydrogen-bond donors (Lipinski definition) is 3. The van der Waals surface area contributed by atoms with E-state index in [0.29, 0.717) is 39.5 Å². The van der Waals surface area contributed by atoms with E-state index in [1.54, 1.807) is 24.3 Å². The van der Waals surface area contributed by atoms with Crippen molar-refractivity contribution in [2.45, 2.75) is 75.5 Å². The van der Waals surface area contributed by atoms with Crippen LogP contribution in [-0.2, 0) is 4.74 Å². The van der Waals surface area contributed by atoms with Gasteiger partial charge in [-0.3, -0.25) is 9.52 Å². The molecular formula is C31H37F3N8O2S. The number of fused-ring (bicyclic) bond motifs is 6. The highest BCUT2D eigenvalue weighted by Crippen LogP contribution is 2.59. The molecule has 14 heteroatoms. The highest BCUT2D eigenvalue weighted by atomic mass is 32.2. The third kappa shape index (κ3) is 7.30.